The van der Waals surface area contributed by atoms with Gasteiger partial charge in [-0.25, -0.2) is 0 Å². The Bertz CT molecular complexity index is 713. The molecule has 0 N–H and O–H groups in total. The highest BCUT2D eigenvalue weighted by atomic mass is 28.4. The van der Waals surface area contributed by atoms with Crippen LogP contribution in [0, 0.1) is 28.6 Å². The van der Waals surface area contributed by atoms with Gasteiger partial charge in [0.1, 0.15) is 0 Å². The molecule has 0 amide bonds. The second-order valence-electron chi connectivity index (χ2n) is 12.8. The smallest absolute Gasteiger partial charge is 0.241 e. The SMILES string of the molecule is C[C@]12CCC(O[Si](C)(C)C)CC1=CC[C@@H]1[C@@H]2CC[C@]2(C)C(O[Si](C)(C)C)=CC[C@@H]12. The Labute approximate surface area is 181 Å². The molecule has 2 fully saturated rings. The lowest BCUT2D eigenvalue weighted by molar-refractivity contribution is -0.0365. The van der Waals surface area contributed by atoms with Gasteiger partial charge in [-0.3, -0.25) is 0 Å². The molecular formula is C25H44O2Si2. The average Bonchev–Trinajstić information content (AvgIpc) is 2.89. The van der Waals surface area contributed by atoms with Crippen LogP contribution in [0.5, 0.6) is 0 Å². The zero-order chi connectivity index (χ0) is 21.2. The van der Waals surface area contributed by atoms with Crippen molar-refractivity contribution >= 4 is 16.6 Å². The fourth-order valence-electron chi connectivity index (χ4n) is 7.24. The summed E-state index contributed by atoms with van der Waals surface area (Å²) in [5.74, 6) is 3.81. The maximum absolute atomic E-state index is 6.61. The molecule has 0 aromatic rings. The molecule has 4 aliphatic rings. The lowest BCUT2D eigenvalue weighted by Gasteiger charge is -2.58. The van der Waals surface area contributed by atoms with E-state index in [1.807, 2.05) is 0 Å². The molecule has 0 bridgehead atoms. The van der Waals surface area contributed by atoms with Gasteiger partial charge in [0.05, 0.1) is 5.76 Å². The van der Waals surface area contributed by atoms with Gasteiger partial charge in [0.2, 0.25) is 8.32 Å². The summed E-state index contributed by atoms with van der Waals surface area (Å²) >= 11 is 0. The molecule has 0 aromatic carbocycles. The molecule has 4 rings (SSSR count). The van der Waals surface area contributed by atoms with Crippen molar-refractivity contribution in [2.45, 2.75) is 104 Å². The van der Waals surface area contributed by atoms with Crippen LogP contribution in [-0.2, 0) is 8.85 Å². The first-order chi connectivity index (χ1) is 13.3. The van der Waals surface area contributed by atoms with Crippen LogP contribution in [0.4, 0.5) is 0 Å². The summed E-state index contributed by atoms with van der Waals surface area (Å²) < 4.78 is 13.1. The van der Waals surface area contributed by atoms with E-state index in [0.29, 0.717) is 11.5 Å². The minimum absolute atomic E-state index is 0.279. The van der Waals surface area contributed by atoms with E-state index in [9.17, 15) is 0 Å². The third kappa shape index (κ3) is 3.98. The number of rotatable bonds is 4. The van der Waals surface area contributed by atoms with E-state index in [-0.39, 0.29) is 5.41 Å². The molecule has 4 heteroatoms. The summed E-state index contributed by atoms with van der Waals surface area (Å²) in [7, 11) is -3.01. The van der Waals surface area contributed by atoms with Gasteiger partial charge in [-0.2, -0.15) is 0 Å². The minimum atomic E-state index is -1.55. The van der Waals surface area contributed by atoms with Crippen LogP contribution in [0.25, 0.3) is 0 Å². The highest BCUT2D eigenvalue weighted by molar-refractivity contribution is 6.70. The zero-order valence-corrected chi connectivity index (χ0v) is 22.2. The zero-order valence-electron chi connectivity index (χ0n) is 20.2. The van der Waals surface area contributed by atoms with Crippen LogP contribution in [0.2, 0.25) is 39.3 Å². The highest BCUT2D eigenvalue weighted by Crippen LogP contribution is 2.65. The van der Waals surface area contributed by atoms with E-state index in [2.05, 4.69) is 65.3 Å². The molecule has 0 aliphatic heterocycles. The van der Waals surface area contributed by atoms with Crippen molar-refractivity contribution in [3.63, 3.8) is 0 Å². The predicted octanol–water partition coefficient (Wildman–Crippen LogP) is 7.51. The molecule has 29 heavy (non-hydrogen) atoms. The second-order valence-corrected chi connectivity index (χ2v) is 21.7. The standard InChI is InChI=1S/C25H44O2Si2/c1-24-15-13-19(26-28(3,4)5)17-18(24)9-10-20-21-11-12-23(27-29(6,7)8)25(21,2)16-14-22(20)24/h9,12,19-22H,10-11,13-17H2,1-8H3/t19?,20-,21-,22-,24-,25-/m0/s1. The normalized spacial score (nSPS) is 42.3. The first-order valence-electron chi connectivity index (χ1n) is 12.1. The first kappa shape index (κ1) is 21.9. The van der Waals surface area contributed by atoms with Crippen LogP contribution in [0.3, 0.4) is 0 Å². The Morgan fingerprint density at radius 1 is 0.828 bits per heavy atom. The van der Waals surface area contributed by atoms with Crippen molar-refractivity contribution in [1.82, 2.24) is 0 Å². The molecule has 0 radical (unpaired) electrons. The van der Waals surface area contributed by atoms with Crippen molar-refractivity contribution in [3.8, 4) is 0 Å². The predicted molar refractivity (Wildman–Crippen MR) is 128 cm³/mol. The van der Waals surface area contributed by atoms with Gasteiger partial charge < -0.3 is 8.85 Å². The highest BCUT2D eigenvalue weighted by Gasteiger charge is 2.57. The Morgan fingerprint density at radius 3 is 2.17 bits per heavy atom. The van der Waals surface area contributed by atoms with E-state index in [1.165, 1.54) is 50.7 Å². The molecule has 2 nitrogen and oxygen atoms in total. The van der Waals surface area contributed by atoms with Gasteiger partial charge in [-0.1, -0.05) is 25.5 Å². The minimum Gasteiger partial charge on any atom is -0.547 e. The average molecular weight is 433 g/mol. The number of hydrogen-bond acceptors (Lipinski definition) is 2. The van der Waals surface area contributed by atoms with Crippen LogP contribution in [0.1, 0.15) is 58.8 Å². The molecular weight excluding hydrogens is 388 g/mol. The molecule has 0 spiro atoms. The van der Waals surface area contributed by atoms with Crippen molar-refractivity contribution in [2.24, 2.45) is 28.6 Å². The Balaban J connectivity index is 1.54. The van der Waals surface area contributed by atoms with E-state index in [4.69, 9.17) is 8.85 Å². The molecule has 2 saturated carbocycles. The lowest BCUT2D eigenvalue weighted by Crippen LogP contribution is -2.51. The van der Waals surface area contributed by atoms with Crippen LogP contribution in [0.15, 0.2) is 23.5 Å². The summed E-state index contributed by atoms with van der Waals surface area (Å²) in [6, 6.07) is 0. The van der Waals surface area contributed by atoms with Gasteiger partial charge in [0.15, 0.2) is 8.32 Å². The van der Waals surface area contributed by atoms with Crippen molar-refractivity contribution in [3.05, 3.63) is 23.5 Å². The summed E-state index contributed by atoms with van der Waals surface area (Å²) in [6.07, 6.45) is 14.6. The van der Waals surface area contributed by atoms with E-state index >= 15 is 0 Å². The van der Waals surface area contributed by atoms with Gasteiger partial charge in [-0.15, -0.1) is 0 Å². The van der Waals surface area contributed by atoms with Crippen molar-refractivity contribution < 1.29 is 8.85 Å². The molecule has 164 valence electrons. The summed E-state index contributed by atoms with van der Waals surface area (Å²) in [5, 5.41) is 0. The van der Waals surface area contributed by atoms with Gasteiger partial charge >= 0.3 is 0 Å². The third-order valence-corrected chi connectivity index (χ3v) is 10.4. The van der Waals surface area contributed by atoms with E-state index in [0.717, 1.165) is 17.8 Å². The molecule has 6 atom stereocenters. The Morgan fingerprint density at radius 2 is 1.52 bits per heavy atom. The van der Waals surface area contributed by atoms with Gasteiger partial charge in [0, 0.05) is 11.5 Å². The summed E-state index contributed by atoms with van der Waals surface area (Å²) in [4.78, 5) is 0. The fourth-order valence-corrected chi connectivity index (χ4v) is 9.42. The number of hydrogen-bond donors (Lipinski definition) is 0. The summed E-state index contributed by atoms with van der Waals surface area (Å²) in [6.45, 7) is 19.1. The lowest BCUT2D eigenvalue weighted by atomic mass is 9.48. The van der Waals surface area contributed by atoms with E-state index in [1.54, 1.807) is 5.57 Å². The fraction of sp³-hybridized carbons (Fsp3) is 0.840. The second kappa shape index (κ2) is 7.10. The van der Waals surface area contributed by atoms with E-state index < -0.39 is 16.6 Å². The first-order valence-corrected chi connectivity index (χ1v) is 18.9. The number of allylic oxidation sites excluding steroid dienone is 3. The maximum atomic E-state index is 6.61. The Hall–Kier alpha value is -0.326. The number of fused-ring (bicyclic) bond motifs is 5. The maximum Gasteiger partial charge on any atom is 0.241 e. The van der Waals surface area contributed by atoms with Gasteiger partial charge in [-0.05, 0) is 113 Å². The molecule has 1 unspecified atom stereocenters. The van der Waals surface area contributed by atoms with Crippen LogP contribution in [-0.4, -0.2) is 22.7 Å². The molecule has 0 saturated heterocycles. The van der Waals surface area contributed by atoms with Crippen LogP contribution < -0.4 is 0 Å². The molecule has 4 aliphatic carbocycles. The molecule has 0 aromatic heterocycles. The summed E-state index contributed by atoms with van der Waals surface area (Å²) in [5.41, 5.74) is 2.43. The quantitative estimate of drug-likeness (QED) is 0.338. The monoisotopic (exact) mass is 432 g/mol. The molecule has 0 heterocycles. The van der Waals surface area contributed by atoms with Crippen LogP contribution >= 0.6 is 0 Å². The van der Waals surface area contributed by atoms with Gasteiger partial charge in [0.25, 0.3) is 0 Å². The largest absolute Gasteiger partial charge is 0.547 e. The Kier molecular flexibility index (Phi) is 5.36. The topological polar surface area (TPSA) is 18.5 Å². The third-order valence-electron chi connectivity index (χ3n) is 8.50. The van der Waals surface area contributed by atoms with Crippen molar-refractivity contribution in [1.29, 1.82) is 0 Å². The van der Waals surface area contributed by atoms with Crippen molar-refractivity contribution in [2.75, 3.05) is 0 Å².